The van der Waals surface area contributed by atoms with Gasteiger partial charge in [-0.2, -0.15) is 0 Å². The van der Waals surface area contributed by atoms with E-state index >= 15 is 0 Å². The number of benzene rings is 2. The van der Waals surface area contributed by atoms with Gasteiger partial charge >= 0.3 is 0 Å². The second-order valence-electron chi connectivity index (χ2n) is 4.99. The van der Waals surface area contributed by atoms with Crippen molar-refractivity contribution in [1.29, 1.82) is 0 Å². The van der Waals surface area contributed by atoms with Crippen molar-refractivity contribution in [3.8, 4) is 5.75 Å². The zero-order valence-corrected chi connectivity index (χ0v) is 12.5. The molecule has 3 nitrogen and oxygen atoms in total. The molecule has 0 bridgehead atoms. The van der Waals surface area contributed by atoms with Crippen LogP contribution < -0.4 is 10.5 Å². The van der Waals surface area contributed by atoms with Crippen LogP contribution in [-0.2, 0) is 24.3 Å². The molecule has 0 aromatic heterocycles. The van der Waals surface area contributed by atoms with Crippen molar-refractivity contribution in [2.45, 2.75) is 26.0 Å². The molecule has 0 saturated carbocycles. The molecule has 112 valence electrons. The highest BCUT2D eigenvalue weighted by Crippen LogP contribution is 2.20. The number of methoxy groups -OCH3 is 1. The van der Waals surface area contributed by atoms with Crippen LogP contribution in [0.3, 0.4) is 0 Å². The molecule has 0 spiro atoms. The monoisotopic (exact) mass is 285 g/mol. The van der Waals surface area contributed by atoms with E-state index in [-0.39, 0.29) is 0 Å². The molecule has 0 unspecified atom stereocenters. The Bertz CT molecular complexity index is 540. The van der Waals surface area contributed by atoms with Crippen LogP contribution in [0, 0.1) is 0 Å². The van der Waals surface area contributed by atoms with Crippen LogP contribution in [0.5, 0.6) is 5.75 Å². The molecule has 0 fully saturated rings. The van der Waals surface area contributed by atoms with Gasteiger partial charge in [-0.3, -0.25) is 0 Å². The van der Waals surface area contributed by atoms with E-state index in [1.165, 1.54) is 5.56 Å². The third-order valence-corrected chi connectivity index (χ3v) is 3.44. The van der Waals surface area contributed by atoms with Gasteiger partial charge in [-0.1, -0.05) is 42.5 Å². The molecule has 2 aromatic rings. The Balaban J connectivity index is 1.73. The Morgan fingerprint density at radius 3 is 2.52 bits per heavy atom. The van der Waals surface area contributed by atoms with Crippen molar-refractivity contribution in [3.05, 3.63) is 65.2 Å². The molecule has 0 atom stereocenters. The van der Waals surface area contributed by atoms with Crippen molar-refractivity contribution in [3.63, 3.8) is 0 Å². The predicted octanol–water partition coefficient (Wildman–Crippen LogP) is 3.30. The van der Waals surface area contributed by atoms with E-state index in [0.29, 0.717) is 13.2 Å². The maximum absolute atomic E-state index is 5.73. The standard InChI is InChI=1S/C18H23NO2/c1-20-18-12-16(9-10-17(18)13-19)14-21-11-5-8-15-6-3-2-4-7-15/h2-4,6-7,9-10,12H,5,8,11,13-14,19H2,1H3. The van der Waals surface area contributed by atoms with Crippen LogP contribution in [0.4, 0.5) is 0 Å². The minimum Gasteiger partial charge on any atom is -0.496 e. The normalized spacial score (nSPS) is 10.6. The SMILES string of the molecule is COc1cc(COCCCc2ccccc2)ccc1CN. The summed E-state index contributed by atoms with van der Waals surface area (Å²) in [6.45, 7) is 1.85. The maximum Gasteiger partial charge on any atom is 0.123 e. The molecule has 2 rings (SSSR count). The molecule has 0 saturated heterocycles. The van der Waals surface area contributed by atoms with E-state index < -0.39 is 0 Å². The first-order valence-electron chi connectivity index (χ1n) is 7.31. The van der Waals surface area contributed by atoms with Crippen LogP contribution in [0.25, 0.3) is 0 Å². The molecular weight excluding hydrogens is 262 g/mol. The Morgan fingerprint density at radius 2 is 1.81 bits per heavy atom. The van der Waals surface area contributed by atoms with Gasteiger partial charge in [-0.15, -0.1) is 0 Å². The number of aryl methyl sites for hydroxylation is 1. The predicted molar refractivity (Wildman–Crippen MR) is 85.3 cm³/mol. The quantitative estimate of drug-likeness (QED) is 0.757. The highest BCUT2D eigenvalue weighted by molar-refractivity contribution is 5.37. The Kier molecular flexibility index (Phi) is 6.25. The number of hydrogen-bond acceptors (Lipinski definition) is 3. The summed E-state index contributed by atoms with van der Waals surface area (Å²) in [5.41, 5.74) is 9.15. The van der Waals surface area contributed by atoms with E-state index in [0.717, 1.165) is 36.3 Å². The van der Waals surface area contributed by atoms with Crippen molar-refractivity contribution >= 4 is 0 Å². The van der Waals surface area contributed by atoms with Crippen molar-refractivity contribution in [2.75, 3.05) is 13.7 Å². The van der Waals surface area contributed by atoms with Gasteiger partial charge in [-0.05, 0) is 30.0 Å². The zero-order valence-electron chi connectivity index (χ0n) is 12.5. The zero-order chi connectivity index (χ0) is 14.9. The lowest BCUT2D eigenvalue weighted by Crippen LogP contribution is -2.02. The highest BCUT2D eigenvalue weighted by Gasteiger charge is 2.03. The van der Waals surface area contributed by atoms with Gasteiger partial charge in [0.1, 0.15) is 5.75 Å². The maximum atomic E-state index is 5.73. The number of rotatable bonds is 8. The molecule has 0 amide bonds. The summed E-state index contributed by atoms with van der Waals surface area (Å²) in [6.07, 6.45) is 2.08. The fourth-order valence-corrected chi connectivity index (χ4v) is 2.26. The summed E-state index contributed by atoms with van der Waals surface area (Å²) in [6, 6.07) is 16.5. The molecule has 2 aromatic carbocycles. The smallest absolute Gasteiger partial charge is 0.123 e. The summed E-state index contributed by atoms with van der Waals surface area (Å²) >= 11 is 0. The van der Waals surface area contributed by atoms with Crippen molar-refractivity contribution in [1.82, 2.24) is 0 Å². The Hall–Kier alpha value is -1.84. The van der Waals surface area contributed by atoms with E-state index in [1.54, 1.807) is 7.11 Å². The second-order valence-corrected chi connectivity index (χ2v) is 4.99. The molecule has 0 aliphatic carbocycles. The average Bonchev–Trinajstić information content (AvgIpc) is 2.55. The van der Waals surface area contributed by atoms with Crippen LogP contribution in [0.1, 0.15) is 23.1 Å². The molecule has 0 aliphatic rings. The van der Waals surface area contributed by atoms with Gasteiger partial charge in [-0.25, -0.2) is 0 Å². The number of hydrogen-bond donors (Lipinski definition) is 1. The molecule has 0 heterocycles. The van der Waals surface area contributed by atoms with Crippen LogP contribution in [0.2, 0.25) is 0 Å². The van der Waals surface area contributed by atoms with E-state index in [2.05, 4.69) is 24.3 Å². The first-order valence-corrected chi connectivity index (χ1v) is 7.31. The summed E-state index contributed by atoms with van der Waals surface area (Å²) in [5.74, 6) is 0.836. The fraction of sp³-hybridized carbons (Fsp3) is 0.333. The largest absolute Gasteiger partial charge is 0.496 e. The fourth-order valence-electron chi connectivity index (χ4n) is 2.26. The third kappa shape index (κ3) is 4.88. The van der Waals surface area contributed by atoms with Gasteiger partial charge in [0.25, 0.3) is 0 Å². The van der Waals surface area contributed by atoms with Gasteiger partial charge in [0, 0.05) is 18.7 Å². The Labute approximate surface area is 126 Å². The minimum absolute atomic E-state index is 0.487. The van der Waals surface area contributed by atoms with Crippen LogP contribution in [-0.4, -0.2) is 13.7 Å². The average molecular weight is 285 g/mol. The first kappa shape index (κ1) is 15.5. The summed E-state index contributed by atoms with van der Waals surface area (Å²) in [5, 5.41) is 0. The molecule has 2 N–H and O–H groups in total. The molecule has 3 heteroatoms. The number of ether oxygens (including phenoxy) is 2. The second kappa shape index (κ2) is 8.45. The van der Waals surface area contributed by atoms with E-state index in [1.807, 2.05) is 24.3 Å². The molecule has 21 heavy (non-hydrogen) atoms. The lowest BCUT2D eigenvalue weighted by molar-refractivity contribution is 0.118. The lowest BCUT2D eigenvalue weighted by Gasteiger charge is -2.10. The van der Waals surface area contributed by atoms with Crippen molar-refractivity contribution < 1.29 is 9.47 Å². The summed E-state index contributed by atoms with van der Waals surface area (Å²) in [4.78, 5) is 0. The van der Waals surface area contributed by atoms with Crippen LogP contribution >= 0.6 is 0 Å². The first-order chi connectivity index (χ1) is 10.3. The van der Waals surface area contributed by atoms with Gasteiger partial charge in [0.05, 0.1) is 13.7 Å². The minimum atomic E-state index is 0.487. The molecule has 0 aliphatic heterocycles. The lowest BCUT2D eigenvalue weighted by atomic mass is 10.1. The topological polar surface area (TPSA) is 44.5 Å². The molecular formula is C18H23NO2. The Morgan fingerprint density at radius 1 is 1.00 bits per heavy atom. The summed E-state index contributed by atoms with van der Waals surface area (Å²) in [7, 11) is 1.67. The highest BCUT2D eigenvalue weighted by atomic mass is 16.5. The molecule has 0 radical (unpaired) electrons. The third-order valence-electron chi connectivity index (χ3n) is 3.44. The summed E-state index contributed by atoms with van der Waals surface area (Å²) < 4.78 is 11.1. The van der Waals surface area contributed by atoms with Gasteiger partial charge < -0.3 is 15.2 Å². The van der Waals surface area contributed by atoms with Crippen molar-refractivity contribution in [2.24, 2.45) is 5.73 Å². The van der Waals surface area contributed by atoms with Gasteiger partial charge in [0.2, 0.25) is 0 Å². The van der Waals surface area contributed by atoms with E-state index in [9.17, 15) is 0 Å². The number of nitrogens with two attached hydrogens (primary N) is 1. The van der Waals surface area contributed by atoms with Crippen LogP contribution in [0.15, 0.2) is 48.5 Å². The van der Waals surface area contributed by atoms with E-state index in [4.69, 9.17) is 15.2 Å². The van der Waals surface area contributed by atoms with Gasteiger partial charge in [0.15, 0.2) is 0 Å².